The number of hydrogen-bond donors (Lipinski definition) is 2. The van der Waals surface area contributed by atoms with Gasteiger partial charge in [0.15, 0.2) is 0 Å². The fraction of sp³-hybridized carbons (Fsp3) is 0.529. The van der Waals surface area contributed by atoms with Crippen molar-refractivity contribution in [3.05, 3.63) is 35.9 Å². The van der Waals surface area contributed by atoms with Gasteiger partial charge in [-0.05, 0) is 44.5 Å². The molecule has 0 saturated carbocycles. The van der Waals surface area contributed by atoms with Gasteiger partial charge in [-0.3, -0.25) is 14.5 Å². The fourth-order valence-corrected chi connectivity index (χ4v) is 2.92. The molecule has 0 aromatic heterocycles. The third-order valence-corrected chi connectivity index (χ3v) is 4.12. The normalized spacial score (nSPS) is 18.8. The van der Waals surface area contributed by atoms with Crippen LogP contribution >= 0.6 is 0 Å². The average Bonchev–Trinajstić information content (AvgIpc) is 2.54. The maximum absolute atomic E-state index is 12.1. The van der Waals surface area contributed by atoms with Crippen molar-refractivity contribution >= 4 is 11.9 Å². The van der Waals surface area contributed by atoms with E-state index in [1.54, 1.807) is 12.1 Å². The highest BCUT2D eigenvalue weighted by Crippen LogP contribution is 2.17. The first-order valence-corrected chi connectivity index (χ1v) is 7.96. The van der Waals surface area contributed by atoms with E-state index in [9.17, 15) is 9.59 Å². The lowest BCUT2D eigenvalue weighted by Crippen LogP contribution is -2.47. The van der Waals surface area contributed by atoms with Crippen LogP contribution in [0.15, 0.2) is 30.3 Å². The molecule has 2 rings (SSSR count). The van der Waals surface area contributed by atoms with Gasteiger partial charge >= 0.3 is 5.97 Å². The predicted molar refractivity (Wildman–Crippen MR) is 84.9 cm³/mol. The van der Waals surface area contributed by atoms with Gasteiger partial charge in [0, 0.05) is 24.6 Å². The van der Waals surface area contributed by atoms with Crippen LogP contribution < -0.4 is 5.32 Å². The number of rotatable bonds is 7. The van der Waals surface area contributed by atoms with Crippen LogP contribution in [0.2, 0.25) is 0 Å². The second-order valence-electron chi connectivity index (χ2n) is 5.76. The number of carboxylic acid groups (broad SMARTS) is 1. The lowest BCUT2D eigenvalue weighted by Gasteiger charge is -2.35. The molecule has 2 N–H and O–H groups in total. The molecule has 1 aromatic rings. The number of aliphatic carboxylic acids is 1. The molecule has 1 saturated heterocycles. The Morgan fingerprint density at radius 3 is 2.73 bits per heavy atom. The van der Waals surface area contributed by atoms with Gasteiger partial charge in [0.2, 0.25) is 0 Å². The van der Waals surface area contributed by atoms with Crippen LogP contribution in [0.4, 0.5) is 0 Å². The number of carbonyl (C=O) groups is 2. The third-order valence-electron chi connectivity index (χ3n) is 4.12. The van der Waals surface area contributed by atoms with Crippen molar-refractivity contribution < 1.29 is 14.7 Å². The Labute approximate surface area is 131 Å². The summed E-state index contributed by atoms with van der Waals surface area (Å²) in [5.41, 5.74) is 0.677. The summed E-state index contributed by atoms with van der Waals surface area (Å²) in [5.74, 6) is -0.789. The number of hydrogen-bond acceptors (Lipinski definition) is 3. The van der Waals surface area contributed by atoms with Gasteiger partial charge in [-0.2, -0.15) is 0 Å². The minimum absolute atomic E-state index is 0.0448. The number of likely N-dealkylation sites (tertiary alicyclic amines) is 1. The van der Waals surface area contributed by atoms with E-state index in [4.69, 9.17) is 5.11 Å². The van der Waals surface area contributed by atoms with Gasteiger partial charge < -0.3 is 10.4 Å². The molecule has 5 heteroatoms. The van der Waals surface area contributed by atoms with Crippen LogP contribution in [-0.2, 0) is 4.79 Å². The van der Waals surface area contributed by atoms with E-state index in [1.165, 1.54) is 6.42 Å². The van der Waals surface area contributed by atoms with Gasteiger partial charge in [0.1, 0.15) is 0 Å². The standard InChI is InChI=1S/C17H24N2O3/c20-16(21)10-6-12-19-11-5-4-9-15(19)13-18-17(22)14-7-2-1-3-8-14/h1-3,7-8,15H,4-6,9-13H2,(H,18,22)(H,20,21)/t15-/m0/s1. The van der Waals surface area contributed by atoms with Crippen molar-refractivity contribution in [3.63, 3.8) is 0 Å². The summed E-state index contributed by atoms with van der Waals surface area (Å²) in [4.78, 5) is 25.0. The van der Waals surface area contributed by atoms with Gasteiger partial charge in [0.25, 0.3) is 5.91 Å². The molecule has 0 unspecified atom stereocenters. The van der Waals surface area contributed by atoms with E-state index < -0.39 is 5.97 Å². The van der Waals surface area contributed by atoms with E-state index in [2.05, 4.69) is 10.2 Å². The maximum atomic E-state index is 12.1. The zero-order valence-corrected chi connectivity index (χ0v) is 12.8. The molecule has 0 bridgehead atoms. The van der Waals surface area contributed by atoms with Crippen molar-refractivity contribution in [3.8, 4) is 0 Å². The van der Waals surface area contributed by atoms with Crippen LogP contribution in [0.3, 0.4) is 0 Å². The minimum Gasteiger partial charge on any atom is -0.481 e. The van der Waals surface area contributed by atoms with Gasteiger partial charge in [-0.25, -0.2) is 0 Å². The smallest absolute Gasteiger partial charge is 0.303 e. The number of carbonyl (C=O) groups excluding carboxylic acids is 1. The highest BCUT2D eigenvalue weighted by molar-refractivity contribution is 5.94. The topological polar surface area (TPSA) is 69.6 Å². The van der Waals surface area contributed by atoms with Crippen LogP contribution in [0.25, 0.3) is 0 Å². The molecular formula is C17H24N2O3. The number of benzene rings is 1. The lowest BCUT2D eigenvalue weighted by atomic mass is 10.0. The Morgan fingerprint density at radius 2 is 2.00 bits per heavy atom. The number of nitrogens with zero attached hydrogens (tertiary/aromatic N) is 1. The predicted octanol–water partition coefficient (Wildman–Crippen LogP) is 2.14. The molecule has 120 valence electrons. The van der Waals surface area contributed by atoms with E-state index >= 15 is 0 Å². The summed E-state index contributed by atoms with van der Waals surface area (Å²) < 4.78 is 0. The van der Waals surface area contributed by atoms with Gasteiger partial charge in [0.05, 0.1) is 0 Å². The first kappa shape index (κ1) is 16.5. The highest BCUT2D eigenvalue weighted by atomic mass is 16.4. The van der Waals surface area contributed by atoms with E-state index in [0.29, 0.717) is 24.6 Å². The van der Waals surface area contributed by atoms with Crippen molar-refractivity contribution in [2.24, 2.45) is 0 Å². The Kier molecular flexibility index (Phi) is 6.40. The summed E-state index contributed by atoms with van der Waals surface area (Å²) >= 11 is 0. The fourth-order valence-electron chi connectivity index (χ4n) is 2.92. The molecule has 1 amide bonds. The van der Waals surface area contributed by atoms with E-state index in [-0.39, 0.29) is 12.3 Å². The van der Waals surface area contributed by atoms with E-state index in [0.717, 1.165) is 25.9 Å². The molecular weight excluding hydrogens is 280 g/mol. The Morgan fingerprint density at radius 1 is 1.23 bits per heavy atom. The molecule has 1 aliphatic heterocycles. The van der Waals surface area contributed by atoms with Crippen LogP contribution in [0.1, 0.15) is 42.5 Å². The molecule has 1 heterocycles. The summed E-state index contributed by atoms with van der Waals surface area (Å²) in [5, 5.41) is 11.7. The van der Waals surface area contributed by atoms with Crippen molar-refractivity contribution in [1.29, 1.82) is 0 Å². The van der Waals surface area contributed by atoms with Crippen LogP contribution in [0.5, 0.6) is 0 Å². The van der Waals surface area contributed by atoms with Crippen LogP contribution in [-0.4, -0.2) is 47.6 Å². The SMILES string of the molecule is O=C(O)CCCN1CCCC[C@H]1CNC(=O)c1ccccc1. The largest absolute Gasteiger partial charge is 0.481 e. The molecule has 5 nitrogen and oxygen atoms in total. The summed E-state index contributed by atoms with van der Waals surface area (Å²) in [7, 11) is 0. The molecule has 1 aromatic carbocycles. The maximum Gasteiger partial charge on any atom is 0.303 e. The minimum atomic E-state index is -0.745. The quantitative estimate of drug-likeness (QED) is 0.809. The zero-order valence-electron chi connectivity index (χ0n) is 12.8. The number of nitrogens with one attached hydrogen (secondary N) is 1. The zero-order chi connectivity index (χ0) is 15.8. The summed E-state index contributed by atoms with van der Waals surface area (Å²) in [6, 6.07) is 9.53. The molecule has 1 atom stereocenters. The van der Waals surface area contributed by atoms with Gasteiger partial charge in [-0.1, -0.05) is 24.6 Å². The van der Waals surface area contributed by atoms with Crippen molar-refractivity contribution in [2.45, 2.75) is 38.1 Å². The molecule has 22 heavy (non-hydrogen) atoms. The van der Waals surface area contributed by atoms with Gasteiger partial charge in [-0.15, -0.1) is 0 Å². The monoisotopic (exact) mass is 304 g/mol. The number of amides is 1. The Balaban J connectivity index is 1.81. The average molecular weight is 304 g/mol. The number of piperidine rings is 1. The third kappa shape index (κ3) is 5.15. The first-order chi connectivity index (χ1) is 10.7. The van der Waals surface area contributed by atoms with Crippen molar-refractivity contribution in [1.82, 2.24) is 10.2 Å². The van der Waals surface area contributed by atoms with Crippen molar-refractivity contribution in [2.75, 3.05) is 19.6 Å². The molecule has 1 fully saturated rings. The van der Waals surface area contributed by atoms with Crippen LogP contribution in [0, 0.1) is 0 Å². The second kappa shape index (κ2) is 8.54. The van der Waals surface area contributed by atoms with E-state index in [1.807, 2.05) is 18.2 Å². The lowest BCUT2D eigenvalue weighted by molar-refractivity contribution is -0.137. The molecule has 1 aliphatic rings. The molecule has 0 aliphatic carbocycles. The first-order valence-electron chi connectivity index (χ1n) is 7.96. The number of carboxylic acids is 1. The molecule has 0 spiro atoms. The summed E-state index contributed by atoms with van der Waals surface area (Å²) in [6.07, 6.45) is 4.25. The second-order valence-corrected chi connectivity index (χ2v) is 5.76. The summed E-state index contributed by atoms with van der Waals surface area (Å²) in [6.45, 7) is 2.41. The Bertz CT molecular complexity index is 490. The Hall–Kier alpha value is -1.88. The molecule has 0 radical (unpaired) electrons. The highest BCUT2D eigenvalue weighted by Gasteiger charge is 2.22.